The van der Waals surface area contributed by atoms with E-state index in [-0.39, 0.29) is 23.8 Å². The van der Waals surface area contributed by atoms with Gasteiger partial charge in [-0.25, -0.2) is 13.8 Å². The Hall–Kier alpha value is -3.86. The van der Waals surface area contributed by atoms with Crippen LogP contribution < -0.4 is 19.9 Å². The molecule has 206 valence electrons. The number of hydrogen-bond acceptors (Lipinski definition) is 6. The Morgan fingerprint density at radius 2 is 1.51 bits per heavy atom. The van der Waals surface area contributed by atoms with Crippen molar-refractivity contribution in [2.24, 2.45) is 0 Å². The first-order chi connectivity index (χ1) is 18.8. The molecular weight excluding hydrogens is 508 g/mol. The van der Waals surface area contributed by atoms with Gasteiger partial charge in [0.1, 0.15) is 36.9 Å². The fourth-order valence-corrected chi connectivity index (χ4v) is 4.44. The van der Waals surface area contributed by atoms with Gasteiger partial charge in [0.15, 0.2) is 17.3 Å². The molecule has 0 radical (unpaired) electrons. The van der Waals surface area contributed by atoms with E-state index in [1.165, 1.54) is 38.5 Å². The zero-order chi connectivity index (χ0) is 27.9. The number of quaternary nitrogens is 1. The summed E-state index contributed by atoms with van der Waals surface area (Å²) >= 11 is 0. The van der Waals surface area contributed by atoms with Gasteiger partial charge in [-0.2, -0.15) is 0 Å². The molecular formula is C29H32F2N3O5+. The van der Waals surface area contributed by atoms with Gasteiger partial charge >= 0.3 is 0 Å². The smallest absolute Gasteiger partial charge is 0.259 e. The monoisotopic (exact) mass is 540 g/mol. The molecule has 8 nitrogen and oxygen atoms in total. The molecule has 0 aliphatic heterocycles. The summed E-state index contributed by atoms with van der Waals surface area (Å²) in [5.41, 5.74) is 1.55. The topological polar surface area (TPSA) is 98.1 Å². The van der Waals surface area contributed by atoms with E-state index in [9.17, 15) is 18.7 Å². The minimum absolute atomic E-state index is 0.0123. The quantitative estimate of drug-likeness (QED) is 0.256. The van der Waals surface area contributed by atoms with Gasteiger partial charge in [0.25, 0.3) is 5.56 Å². The maximum absolute atomic E-state index is 13.5. The van der Waals surface area contributed by atoms with Gasteiger partial charge in [-0.15, -0.1) is 0 Å². The van der Waals surface area contributed by atoms with Crippen LogP contribution in [0.5, 0.6) is 11.5 Å². The fourth-order valence-electron chi connectivity index (χ4n) is 4.44. The van der Waals surface area contributed by atoms with Crippen LogP contribution in [0.3, 0.4) is 0 Å². The van der Waals surface area contributed by atoms with Crippen molar-refractivity contribution >= 4 is 10.9 Å². The average molecular weight is 541 g/mol. The highest BCUT2D eigenvalue weighted by molar-refractivity contribution is 5.81. The first kappa shape index (κ1) is 28.2. The van der Waals surface area contributed by atoms with Crippen LogP contribution in [0.2, 0.25) is 0 Å². The van der Waals surface area contributed by atoms with Crippen LogP contribution in [0, 0.1) is 11.6 Å². The number of nitrogens with one attached hydrogen (secondary N) is 2. The van der Waals surface area contributed by atoms with Gasteiger partial charge < -0.3 is 29.2 Å². The molecule has 0 saturated heterocycles. The Labute approximate surface area is 224 Å². The van der Waals surface area contributed by atoms with Crippen molar-refractivity contribution in [2.75, 3.05) is 33.9 Å². The van der Waals surface area contributed by atoms with Crippen LogP contribution >= 0.6 is 0 Å². The van der Waals surface area contributed by atoms with E-state index >= 15 is 0 Å². The molecule has 4 rings (SSSR count). The second-order valence-electron chi connectivity index (χ2n) is 9.19. The molecule has 0 bridgehead atoms. The minimum atomic E-state index is -0.847. The standard InChI is InChI=1S/C29H31F2N3O5/c1-4-34(16-27-32-24-14-26(38-3)25(37-2)13-23(24)29(36)33-27)15-22(35)17-39-28(18-5-9-20(30)10-6-18)19-7-11-21(31)12-8-19/h5-14,22,28,35H,4,15-17H2,1-3H3,(H,32,33,36)/p+1/t22-/m0/s1. The molecule has 1 unspecified atom stereocenters. The van der Waals surface area contributed by atoms with Gasteiger partial charge in [-0.05, 0) is 48.4 Å². The molecule has 3 N–H and O–H groups in total. The van der Waals surface area contributed by atoms with Crippen molar-refractivity contribution in [1.82, 2.24) is 9.97 Å². The normalized spacial score (nSPS) is 13.0. The van der Waals surface area contributed by atoms with Gasteiger partial charge in [-0.1, -0.05) is 24.3 Å². The minimum Gasteiger partial charge on any atom is -0.493 e. The number of nitrogens with zero attached hydrogens (tertiary/aromatic N) is 1. The number of fused-ring (bicyclic) bond motifs is 1. The van der Waals surface area contributed by atoms with E-state index in [2.05, 4.69) is 9.97 Å². The van der Waals surface area contributed by atoms with E-state index in [1.807, 2.05) is 6.92 Å². The van der Waals surface area contributed by atoms with Crippen LogP contribution in [0.4, 0.5) is 8.78 Å². The number of hydrogen-bond donors (Lipinski definition) is 3. The summed E-state index contributed by atoms with van der Waals surface area (Å²) in [7, 11) is 3.01. The summed E-state index contributed by atoms with van der Waals surface area (Å²) in [6, 6.07) is 15.0. The van der Waals surface area contributed by atoms with E-state index in [0.29, 0.717) is 59.0 Å². The molecule has 4 aromatic rings. The maximum Gasteiger partial charge on any atom is 0.259 e. The Morgan fingerprint density at radius 1 is 0.949 bits per heavy atom. The Kier molecular flexibility index (Phi) is 9.23. The average Bonchev–Trinajstić information content (AvgIpc) is 2.93. The van der Waals surface area contributed by atoms with Crippen molar-refractivity contribution in [2.45, 2.75) is 25.7 Å². The predicted molar refractivity (Wildman–Crippen MR) is 142 cm³/mol. The van der Waals surface area contributed by atoms with Crippen LogP contribution in [0.15, 0.2) is 65.5 Å². The molecule has 1 heterocycles. The van der Waals surface area contributed by atoms with Crippen molar-refractivity contribution in [1.29, 1.82) is 0 Å². The van der Waals surface area contributed by atoms with Gasteiger partial charge in [0.2, 0.25) is 0 Å². The first-order valence-corrected chi connectivity index (χ1v) is 12.6. The Balaban J connectivity index is 1.46. The Bertz CT molecular complexity index is 1400. The van der Waals surface area contributed by atoms with Crippen LogP contribution in [0.1, 0.15) is 30.0 Å². The molecule has 10 heteroatoms. The molecule has 0 aliphatic rings. The number of aliphatic hydroxyl groups excluding tert-OH is 1. The first-order valence-electron chi connectivity index (χ1n) is 12.6. The third-order valence-electron chi connectivity index (χ3n) is 6.50. The van der Waals surface area contributed by atoms with Gasteiger partial charge in [0.05, 0.1) is 38.3 Å². The highest BCUT2D eigenvalue weighted by Crippen LogP contribution is 2.30. The zero-order valence-electron chi connectivity index (χ0n) is 22.0. The number of aromatic amines is 1. The number of methoxy groups -OCH3 is 2. The largest absolute Gasteiger partial charge is 0.493 e. The molecule has 0 amide bonds. The predicted octanol–water partition coefficient (Wildman–Crippen LogP) is 2.79. The van der Waals surface area contributed by atoms with Crippen LogP contribution in [-0.2, 0) is 11.3 Å². The lowest BCUT2D eigenvalue weighted by Gasteiger charge is -2.24. The fraction of sp³-hybridized carbons (Fsp3) is 0.310. The van der Waals surface area contributed by atoms with Crippen LogP contribution in [-0.4, -0.2) is 55.1 Å². The SMILES string of the molecule is CC[NH+](Cc1nc2cc(OC)c(OC)cc2c(=O)[nH]1)C[C@H](O)COC(c1ccc(F)cc1)c1ccc(F)cc1. The summed E-state index contributed by atoms with van der Waals surface area (Å²) in [5.74, 6) is 0.625. The highest BCUT2D eigenvalue weighted by Gasteiger charge is 2.21. The van der Waals surface area contributed by atoms with Crippen molar-refractivity contribution in [3.8, 4) is 11.5 Å². The summed E-state index contributed by atoms with van der Waals surface area (Å²) in [5, 5.41) is 11.2. The number of ether oxygens (including phenoxy) is 3. The molecule has 2 atom stereocenters. The lowest BCUT2D eigenvalue weighted by atomic mass is 10.0. The summed E-state index contributed by atoms with van der Waals surface area (Å²) in [6.07, 6.45) is -1.46. The number of rotatable bonds is 12. The molecule has 0 saturated carbocycles. The lowest BCUT2D eigenvalue weighted by Crippen LogP contribution is -3.11. The molecule has 1 aromatic heterocycles. The molecule has 0 aliphatic carbocycles. The lowest BCUT2D eigenvalue weighted by molar-refractivity contribution is -0.915. The Morgan fingerprint density at radius 3 is 2.05 bits per heavy atom. The van der Waals surface area contributed by atoms with Gasteiger partial charge in [0, 0.05) is 6.07 Å². The van der Waals surface area contributed by atoms with E-state index in [1.54, 1.807) is 36.4 Å². The number of H-pyrrole nitrogens is 1. The highest BCUT2D eigenvalue weighted by atomic mass is 19.1. The van der Waals surface area contributed by atoms with Crippen molar-refractivity contribution < 1.29 is 33.0 Å². The number of aromatic nitrogens is 2. The van der Waals surface area contributed by atoms with E-state index in [0.717, 1.165) is 4.90 Å². The van der Waals surface area contributed by atoms with Gasteiger partial charge in [-0.3, -0.25) is 4.79 Å². The number of halogens is 2. The summed E-state index contributed by atoms with van der Waals surface area (Å²) in [6.45, 7) is 3.30. The summed E-state index contributed by atoms with van der Waals surface area (Å²) in [4.78, 5) is 21.1. The summed E-state index contributed by atoms with van der Waals surface area (Å²) < 4.78 is 43.7. The third kappa shape index (κ3) is 6.97. The second-order valence-corrected chi connectivity index (χ2v) is 9.19. The van der Waals surface area contributed by atoms with E-state index in [4.69, 9.17) is 14.2 Å². The van der Waals surface area contributed by atoms with E-state index < -0.39 is 12.2 Å². The molecule has 39 heavy (non-hydrogen) atoms. The second kappa shape index (κ2) is 12.8. The van der Waals surface area contributed by atoms with Crippen molar-refractivity contribution in [3.63, 3.8) is 0 Å². The number of likely N-dealkylation sites (N-methyl/N-ethyl adjacent to an activating group) is 1. The van der Waals surface area contributed by atoms with Crippen molar-refractivity contribution in [3.05, 3.63) is 99.6 Å². The third-order valence-corrected chi connectivity index (χ3v) is 6.50. The molecule has 3 aromatic carbocycles. The molecule has 0 fully saturated rings. The maximum atomic E-state index is 13.5. The number of aliphatic hydroxyl groups is 1. The zero-order valence-corrected chi connectivity index (χ0v) is 22.0. The number of benzene rings is 3. The molecule has 0 spiro atoms. The van der Waals surface area contributed by atoms with Crippen LogP contribution in [0.25, 0.3) is 10.9 Å².